The van der Waals surface area contributed by atoms with E-state index >= 15 is 0 Å². The first kappa shape index (κ1) is 15.9. The number of hydrogen-bond acceptors (Lipinski definition) is 0. The van der Waals surface area contributed by atoms with Gasteiger partial charge in [0.25, 0.3) is 0 Å². The molecule has 0 radical (unpaired) electrons. The van der Waals surface area contributed by atoms with E-state index in [0.29, 0.717) is 0 Å². The van der Waals surface area contributed by atoms with Gasteiger partial charge in [-0.05, 0) is 0 Å². The van der Waals surface area contributed by atoms with Crippen molar-refractivity contribution >= 4 is 73.0 Å². The van der Waals surface area contributed by atoms with Gasteiger partial charge in [-0.15, -0.1) is 0 Å². The minimum atomic E-state index is -4.99. The van der Waals surface area contributed by atoms with Crippen LogP contribution in [-0.2, 0) is 5.41 Å². The van der Waals surface area contributed by atoms with Crippen molar-refractivity contribution in [2.75, 3.05) is 0 Å². The predicted molar refractivity (Wildman–Crippen MR) is 283 cm³/mol. The summed E-state index contributed by atoms with van der Waals surface area (Å²) >= 11 is 5.16. The van der Waals surface area contributed by atoms with Crippen molar-refractivity contribution in [3.8, 4) is 44.5 Å². The Bertz CT molecular complexity index is 5380. The van der Waals surface area contributed by atoms with Crippen LogP contribution in [0.5, 0.6) is 0 Å². The van der Waals surface area contributed by atoms with E-state index in [1.165, 1.54) is 0 Å². The van der Waals surface area contributed by atoms with E-state index in [0.717, 1.165) is 0 Å². The topological polar surface area (TPSA) is 0 Å². The first-order valence-corrected chi connectivity index (χ1v) is 26.7. The van der Waals surface area contributed by atoms with Crippen LogP contribution in [-0.4, -0.2) is 30.2 Å². The van der Waals surface area contributed by atoms with Gasteiger partial charge in [-0.1, -0.05) is 0 Å². The van der Waals surface area contributed by atoms with Gasteiger partial charge in [-0.3, -0.25) is 0 Å². The van der Waals surface area contributed by atoms with Gasteiger partial charge in [0.2, 0.25) is 0 Å². The van der Waals surface area contributed by atoms with E-state index in [1.807, 2.05) is 0 Å². The number of hydrogen-bond donors (Lipinski definition) is 0. The zero-order chi connectivity index (χ0) is 80.1. The molecule has 0 saturated carbocycles. The zero-order valence-corrected chi connectivity index (χ0v) is 37.4. The molecule has 0 amide bonds. The van der Waals surface area contributed by atoms with Gasteiger partial charge in [-0.2, -0.15) is 0 Å². The fourth-order valence-electron chi connectivity index (χ4n) is 7.76. The molecule has 0 N–H and O–H groups in total. The molecule has 65 heavy (non-hydrogen) atoms. The van der Waals surface area contributed by atoms with Crippen LogP contribution in [0.2, 0.25) is 0 Å². The minimum absolute atomic E-state index is 0.838. The quantitative estimate of drug-likeness (QED) is 0.105. The molecule has 0 aromatic heterocycles. The Morgan fingerprint density at radius 1 is 0.262 bits per heavy atom. The van der Waals surface area contributed by atoms with E-state index in [-0.39, 0.29) is 0 Å². The number of benzene rings is 10. The fraction of sp³-hybridized carbons (Fsp3) is 0.0164. The third-order valence-corrected chi connectivity index (χ3v) is 22.6. The molecule has 2 aliphatic rings. The third-order valence-electron chi connectivity index (χ3n) is 10.6. The molecule has 10 aromatic rings. The Labute approximate surface area is 456 Å². The van der Waals surface area contributed by atoms with Crippen molar-refractivity contribution in [2.24, 2.45) is 0 Å². The van der Waals surface area contributed by atoms with Crippen molar-refractivity contribution < 1.29 is 57.6 Å². The molecule has 0 unspecified atom stereocenters. The summed E-state index contributed by atoms with van der Waals surface area (Å²) < 4.78 is 392. The van der Waals surface area contributed by atoms with Crippen LogP contribution in [0.3, 0.4) is 0 Å². The summed E-state index contributed by atoms with van der Waals surface area (Å²) in [5.41, 5.74) is -25.1. The van der Waals surface area contributed by atoms with Gasteiger partial charge in [0.05, 0.1) is 5.48 Å². The summed E-state index contributed by atoms with van der Waals surface area (Å²) in [6.45, 7) is 0. The van der Waals surface area contributed by atoms with Crippen molar-refractivity contribution in [3.05, 3.63) is 276 Å². The monoisotopic (exact) mass is 1040 g/mol. The van der Waals surface area contributed by atoms with E-state index in [4.69, 9.17) is 30.2 Å². The van der Waals surface area contributed by atoms with Crippen LogP contribution in [0.15, 0.2) is 254 Å². The van der Waals surface area contributed by atoms with Gasteiger partial charge in [0.1, 0.15) is 0 Å². The van der Waals surface area contributed by atoms with E-state index in [9.17, 15) is 27.4 Å². The molecular weight excluding hydrogens is 953 g/mol. The maximum absolute atomic E-state index is 10.6. The summed E-state index contributed by atoms with van der Waals surface area (Å²) in [7, 11) is 0. The molecule has 12 rings (SSSR count). The second-order valence-corrected chi connectivity index (χ2v) is 25.8. The molecule has 1 spiro atoms. The van der Waals surface area contributed by atoms with E-state index in [2.05, 4.69) is 30.2 Å². The first-order valence-electron chi connectivity index (χ1n) is 39.7. The zero-order valence-electron chi connectivity index (χ0n) is 74.2. The Morgan fingerprint density at radius 2 is 0.523 bits per heavy atom. The Hall–Kier alpha value is -5.90. The molecule has 0 atom stereocenters. The van der Waals surface area contributed by atoms with Crippen LogP contribution in [0, 0.1) is 0 Å². The fourth-order valence-corrected chi connectivity index (χ4v) is 15.1. The SMILES string of the molecule is [2H]c1c([2H])c([2H])c(P(=[Se])(c2c([2H])c([2H])c([2H])c([2H])c2[2H])c2c([2H])c([2H])c(-c3c([2H])c([2H])c4c(c3[2H])C3(c5c([2H])c([2H])c([2H])c([2H])c5-4)c4c([2H])c([2H])c([2H])c([2H])c4-c4c([2H])c([2H])c(-c5c([2H])c([2H])c(P(=[Se])(c6c([2H])c([2H])c([2H])c([2H])c6[2H])c6c([2H])c([2H])c([2H])c([2H])c6[2H])c([2H])c5[2H])c([2H])c43)c([2H])c2[2H])c([2H])c1[2H]. The molecule has 0 aliphatic heterocycles. The molecule has 0 heterocycles. The number of rotatable bonds is 8. The number of fused-ring (bicyclic) bond motifs is 10. The van der Waals surface area contributed by atoms with Crippen LogP contribution in [0.4, 0.5) is 0 Å². The Morgan fingerprint density at radius 3 is 0.862 bits per heavy atom. The molecule has 308 valence electrons. The molecule has 0 bridgehead atoms. The second-order valence-electron chi connectivity index (χ2n) is 13.8. The van der Waals surface area contributed by atoms with Gasteiger partial charge in [-0.25, -0.2) is 0 Å². The van der Waals surface area contributed by atoms with Crippen molar-refractivity contribution in [3.63, 3.8) is 0 Å². The first-order chi connectivity index (χ1) is 49.5. The summed E-state index contributed by atoms with van der Waals surface area (Å²) in [5.74, 6) is 0. The maximum atomic E-state index is 10.6. The second kappa shape index (κ2) is 16.2. The standard InChI is InChI=1S/C61H42P2Se2/c64-62(47-17-5-1-6-18-47,48-19-7-2-8-20-48)51-35-29-43(30-36-51)45-33-39-55-53-25-13-15-27-57(53)61(59(55)41-45)58-28-16-14-26-54(58)56-40-34-46(42-60(56)61)44-31-37-52(38-32-44)63(65,49-21-9-3-10-22-49)50-23-11-4-12-24-50/h1-42H/i1D,2D,3D,4D,5D,6D,7D,8D,9D,10D,11D,12D,13D,14D,15D,16D,17D,18D,19D,20D,21D,22D,23D,24D,25D,26D,27D,28D,29D,30D,31D,32D,33D,34D,35D,36D,37D,38D,39D,40D,41D,42D. The average Bonchev–Trinajstić information content (AvgIpc) is 1.47. The third kappa shape index (κ3) is 6.32. The van der Waals surface area contributed by atoms with Crippen molar-refractivity contribution in [1.29, 1.82) is 0 Å². The van der Waals surface area contributed by atoms with E-state index < -0.39 is 369 Å². The summed E-state index contributed by atoms with van der Waals surface area (Å²) in [4.78, 5) is 0. The van der Waals surface area contributed by atoms with Crippen molar-refractivity contribution in [2.45, 2.75) is 5.41 Å². The van der Waals surface area contributed by atoms with Crippen LogP contribution < -0.4 is 31.8 Å². The van der Waals surface area contributed by atoms with Crippen LogP contribution in [0.1, 0.15) is 79.8 Å². The van der Waals surface area contributed by atoms with Gasteiger partial charge in [0, 0.05) is 0 Å². The predicted octanol–water partition coefficient (Wildman–Crippen LogP) is 12.1. The molecule has 4 heteroatoms. The molecule has 0 nitrogen and oxygen atoms in total. The summed E-state index contributed by atoms with van der Waals surface area (Å²) in [6, 6.07) is -48.7. The normalized spacial score (nSPS) is 22.2. The molecule has 0 fully saturated rings. The molecular formula is C61H42P2Se2. The van der Waals surface area contributed by atoms with Gasteiger partial charge in [0.15, 0.2) is 0 Å². The summed E-state index contributed by atoms with van der Waals surface area (Å²) in [5, 5.41) is -5.60. The van der Waals surface area contributed by atoms with E-state index in [1.54, 1.807) is 0 Å². The van der Waals surface area contributed by atoms with Crippen LogP contribution in [0.25, 0.3) is 44.5 Å². The summed E-state index contributed by atoms with van der Waals surface area (Å²) in [6.07, 6.45) is 0. The molecule has 0 saturated heterocycles. The Balaban J connectivity index is 1.27. The molecule has 10 aromatic carbocycles. The van der Waals surface area contributed by atoms with Gasteiger partial charge < -0.3 is 0 Å². The molecule has 2 aliphatic carbocycles. The Kier molecular flexibility index (Phi) is 3.96. The average molecular weight is 1040 g/mol. The van der Waals surface area contributed by atoms with Crippen LogP contribution >= 0.6 is 11.0 Å². The van der Waals surface area contributed by atoms with Gasteiger partial charge >= 0.3 is 451 Å². The van der Waals surface area contributed by atoms with Crippen molar-refractivity contribution in [1.82, 2.24) is 0 Å².